The van der Waals surface area contributed by atoms with Crippen molar-refractivity contribution >= 4 is 74.8 Å². The first-order valence-corrected chi connectivity index (χ1v) is 14.8. The Balaban J connectivity index is 0.000000518. The second kappa shape index (κ2) is 16.8. The van der Waals surface area contributed by atoms with E-state index in [2.05, 4.69) is 123 Å². The fourth-order valence-electron chi connectivity index (χ4n) is 3.81. The quantitative estimate of drug-likeness (QED) is 0.115. The average Bonchev–Trinajstić information content (AvgIpc) is 3.44. The second-order valence-corrected chi connectivity index (χ2v) is 7.50. The van der Waals surface area contributed by atoms with Crippen LogP contribution in [-0.4, -0.2) is 13.1 Å². The van der Waals surface area contributed by atoms with Crippen molar-refractivity contribution in [2.45, 2.75) is 12.6 Å². The van der Waals surface area contributed by atoms with Crippen molar-refractivity contribution in [3.05, 3.63) is 124 Å². The van der Waals surface area contributed by atoms with E-state index >= 15 is 0 Å². The molecule has 0 aromatic heterocycles. The molecule has 0 bridgehead atoms. The molecule has 6 rings (SSSR count). The average molecular weight is 635 g/mol. The van der Waals surface area contributed by atoms with Gasteiger partial charge in [0.25, 0.3) is 0 Å². The standard InChI is InChI=1S/2C13H9.C3H4F3.CH3.2ClH.Si.Zr/c2*1-3-7-12-10(5-1)9-11-6-2-4-8-13(11)12;1-2-3(4,5)6;;;;;/h2*1-9H;1-2H2;1H3;2*1H;;/q4*-1;;;;. The maximum absolute atomic E-state index is 10.7. The Bertz CT molecular complexity index is 1280. The summed E-state index contributed by atoms with van der Waals surface area (Å²) < 4.78 is 32.2. The number of hydrogen-bond donors (Lipinski definition) is 0. The van der Waals surface area contributed by atoms with Crippen molar-refractivity contribution in [3.63, 3.8) is 0 Å². The molecule has 0 aliphatic carbocycles. The Kier molecular flexibility index (Phi) is 16.0. The van der Waals surface area contributed by atoms with Gasteiger partial charge in [-0.25, -0.2) is 0 Å². The van der Waals surface area contributed by atoms with Gasteiger partial charge in [0.15, 0.2) is 0 Å². The third kappa shape index (κ3) is 9.41. The molecule has 0 atom stereocenters. The van der Waals surface area contributed by atoms with Crippen molar-refractivity contribution in [3.8, 4) is 0 Å². The molecule has 0 unspecified atom stereocenters. The van der Waals surface area contributed by atoms with Crippen molar-refractivity contribution in [2.24, 2.45) is 0 Å². The smallest absolute Gasteiger partial charge is 0.0771 e. The Morgan fingerprint density at radius 1 is 0.568 bits per heavy atom. The molecular weight excluding hydrogens is 608 g/mol. The zero-order chi connectivity index (χ0) is 24.6. The van der Waals surface area contributed by atoms with Crippen molar-refractivity contribution in [1.29, 1.82) is 0 Å². The number of hydrogen-bond acceptors (Lipinski definition) is 0. The normalized spacial score (nSPS) is 9.81. The predicted octanol–water partition coefficient (Wildman–Crippen LogP) is 10.1. The Labute approximate surface area is 246 Å². The molecule has 0 fully saturated rings. The van der Waals surface area contributed by atoms with Crippen LogP contribution >= 0.6 is 24.8 Å². The summed E-state index contributed by atoms with van der Waals surface area (Å²) in [6.07, 6.45) is -5.05. The zero-order valence-electron chi connectivity index (χ0n) is 20.3. The van der Waals surface area contributed by atoms with Gasteiger partial charge in [0.05, 0.1) is 0 Å². The van der Waals surface area contributed by atoms with E-state index in [0.717, 1.165) is 0 Å². The van der Waals surface area contributed by atoms with Crippen LogP contribution in [-0.2, 0) is 23.3 Å². The molecule has 37 heavy (non-hydrogen) atoms. The van der Waals surface area contributed by atoms with Gasteiger partial charge < -0.3 is 14.4 Å². The summed E-state index contributed by atoms with van der Waals surface area (Å²) in [5.41, 5.74) is 0. The van der Waals surface area contributed by atoms with E-state index in [-0.39, 0.29) is 32.2 Å². The predicted molar refractivity (Wildman–Crippen MR) is 157 cm³/mol. The minimum absolute atomic E-state index is 0. The summed E-state index contributed by atoms with van der Waals surface area (Å²) in [5, 5.41) is 10.8. The van der Waals surface area contributed by atoms with E-state index < -0.39 is 12.6 Å². The fraction of sp³-hybridized carbons (Fsp3) is 0.0667. The Morgan fingerprint density at radius 2 is 0.757 bits per heavy atom. The first-order chi connectivity index (χ1) is 16.5. The summed E-state index contributed by atoms with van der Waals surface area (Å²) in [4.78, 5) is 0. The fourth-order valence-corrected chi connectivity index (χ4v) is 3.81. The molecule has 0 saturated heterocycles. The van der Waals surface area contributed by atoms with Gasteiger partial charge in [-0.1, -0.05) is 79.2 Å². The summed E-state index contributed by atoms with van der Waals surface area (Å²) in [7, 11) is 0. The summed E-state index contributed by atoms with van der Waals surface area (Å²) in [6.45, 7) is 5.69. The topological polar surface area (TPSA) is 0 Å². The van der Waals surface area contributed by atoms with E-state index in [9.17, 15) is 13.2 Å². The monoisotopic (exact) mass is 632 g/mol. The SMILES string of the molecule is Cl.Cl.[CH2-]CC(F)(F)F.[CH3-].[Si]=[Zr].c1ccc2c(c1)[cH-]c1ccccc12.c1ccc2c(c1)[cH-]c1ccccc12. The van der Waals surface area contributed by atoms with Crippen LogP contribution in [0.25, 0.3) is 43.1 Å². The number of benzene rings is 4. The molecule has 7 heteroatoms. The first kappa shape index (κ1) is 35.1. The molecule has 0 spiro atoms. The van der Waals surface area contributed by atoms with Crippen molar-refractivity contribution < 1.29 is 36.5 Å². The van der Waals surface area contributed by atoms with Crippen LogP contribution in [0.2, 0.25) is 0 Å². The third-order valence-electron chi connectivity index (χ3n) is 5.33. The van der Waals surface area contributed by atoms with Crippen LogP contribution in [0.3, 0.4) is 0 Å². The van der Waals surface area contributed by atoms with E-state index in [1.165, 1.54) is 66.4 Å². The molecule has 6 aromatic carbocycles. The van der Waals surface area contributed by atoms with Crippen LogP contribution < -0.4 is 0 Å². The van der Waals surface area contributed by atoms with Gasteiger partial charge in [0.1, 0.15) is 0 Å². The Hall–Kier alpha value is -1.91. The van der Waals surface area contributed by atoms with Crippen LogP contribution in [0.15, 0.2) is 109 Å². The number of halogens is 5. The molecule has 0 amide bonds. The first-order valence-electron chi connectivity index (χ1n) is 10.6. The largest absolute Gasteiger partial charge is 0.126 e. The van der Waals surface area contributed by atoms with E-state index in [4.69, 9.17) is 0 Å². The van der Waals surface area contributed by atoms with Gasteiger partial charge >= 0.3 is 36.4 Å². The molecule has 0 aliphatic heterocycles. The van der Waals surface area contributed by atoms with E-state index in [0.29, 0.717) is 0 Å². The van der Waals surface area contributed by atoms with Gasteiger partial charge in [-0.2, -0.15) is 13.2 Å². The van der Waals surface area contributed by atoms with Crippen molar-refractivity contribution in [2.75, 3.05) is 0 Å². The minimum Gasteiger partial charge on any atom is -0.126 e. The van der Waals surface area contributed by atoms with Crippen LogP contribution in [0.4, 0.5) is 13.2 Å². The molecular formula is C30H27Cl2F3SiZr-4. The van der Waals surface area contributed by atoms with E-state index in [1.807, 2.05) is 0 Å². The molecule has 0 nitrogen and oxygen atoms in total. The summed E-state index contributed by atoms with van der Waals surface area (Å²) in [5.74, 6) is 0. The zero-order valence-corrected chi connectivity index (χ0v) is 25.3. The summed E-state index contributed by atoms with van der Waals surface area (Å²) in [6, 6.07) is 38.5. The molecule has 0 aliphatic rings. The van der Waals surface area contributed by atoms with Crippen molar-refractivity contribution in [1.82, 2.24) is 0 Å². The maximum atomic E-state index is 10.7. The number of alkyl halides is 3. The maximum Gasteiger partial charge on any atom is -0.0771 e. The van der Waals surface area contributed by atoms with Gasteiger partial charge in [-0.3, -0.25) is 0 Å². The minimum atomic E-state index is -4.07. The molecule has 0 N–H and O–H groups in total. The van der Waals surface area contributed by atoms with E-state index in [1.54, 1.807) is 0 Å². The molecule has 6 aromatic rings. The third-order valence-corrected chi connectivity index (χ3v) is 5.33. The summed E-state index contributed by atoms with van der Waals surface area (Å²) >= 11 is 1.36. The van der Waals surface area contributed by atoms with Gasteiger partial charge in [-0.15, -0.1) is 104 Å². The second-order valence-electron chi connectivity index (χ2n) is 7.50. The Morgan fingerprint density at radius 3 is 0.946 bits per heavy atom. The van der Waals surface area contributed by atoms with Gasteiger partial charge in [0.2, 0.25) is 0 Å². The number of fused-ring (bicyclic) bond motifs is 6. The molecule has 194 valence electrons. The molecule has 2 radical (unpaired) electrons. The van der Waals surface area contributed by atoms with Gasteiger partial charge in [0, 0.05) is 0 Å². The number of rotatable bonds is 0. The van der Waals surface area contributed by atoms with Crippen LogP contribution in [0.5, 0.6) is 0 Å². The molecule has 0 saturated carbocycles. The molecule has 0 heterocycles. The van der Waals surface area contributed by atoms with Gasteiger partial charge in [-0.05, 0) is 0 Å². The van der Waals surface area contributed by atoms with Crippen LogP contribution in [0.1, 0.15) is 6.42 Å². The van der Waals surface area contributed by atoms with Crippen LogP contribution in [0, 0.1) is 14.4 Å².